The van der Waals surface area contributed by atoms with Crippen molar-refractivity contribution in [3.8, 4) is 11.5 Å². The van der Waals surface area contributed by atoms with Gasteiger partial charge in [0.1, 0.15) is 0 Å². The first-order chi connectivity index (χ1) is 12.6. The van der Waals surface area contributed by atoms with Crippen molar-refractivity contribution in [3.63, 3.8) is 0 Å². The minimum atomic E-state index is -0.272. The van der Waals surface area contributed by atoms with Crippen molar-refractivity contribution in [1.29, 1.82) is 0 Å². The molecule has 0 aliphatic heterocycles. The Balaban J connectivity index is 1.72. The smallest absolute Gasteiger partial charge is 0.257 e. The number of aromatic nitrogens is 2. The van der Waals surface area contributed by atoms with Crippen molar-refractivity contribution >= 4 is 17.5 Å². The van der Waals surface area contributed by atoms with Gasteiger partial charge in [-0.15, -0.1) is 0 Å². The minimum Gasteiger partial charge on any atom is -0.352 e. The summed E-state index contributed by atoms with van der Waals surface area (Å²) < 4.78 is 5.10. The summed E-state index contributed by atoms with van der Waals surface area (Å²) in [5.41, 5.74) is 2.26. The quantitative estimate of drug-likeness (QED) is 0.737. The van der Waals surface area contributed by atoms with Crippen LogP contribution in [0.1, 0.15) is 33.5 Å². The van der Waals surface area contributed by atoms with Gasteiger partial charge in [-0.2, -0.15) is 4.98 Å². The number of carbonyl (C=O) groups excluding carboxylic acids is 2. The molecule has 0 saturated carbocycles. The lowest BCUT2D eigenvalue weighted by molar-refractivity contribution is 0.0954. The molecular weight excluding hydrogens is 332 g/mol. The fourth-order valence-corrected chi connectivity index (χ4v) is 2.38. The number of nitrogens with zero attached hydrogens (tertiary/aromatic N) is 2. The van der Waals surface area contributed by atoms with E-state index in [9.17, 15) is 9.59 Å². The molecule has 0 spiro atoms. The van der Waals surface area contributed by atoms with Crippen LogP contribution < -0.4 is 10.6 Å². The van der Waals surface area contributed by atoms with Crippen LogP contribution in [0.5, 0.6) is 0 Å². The molecule has 7 nitrogen and oxygen atoms in total. The van der Waals surface area contributed by atoms with Gasteiger partial charge in [0, 0.05) is 28.9 Å². The molecule has 0 bridgehead atoms. The molecule has 0 aliphatic carbocycles. The Labute approximate surface area is 150 Å². The number of benzene rings is 2. The van der Waals surface area contributed by atoms with Gasteiger partial charge in [-0.1, -0.05) is 11.2 Å². The fourth-order valence-electron chi connectivity index (χ4n) is 2.38. The highest BCUT2D eigenvalue weighted by Gasteiger charge is 2.11. The van der Waals surface area contributed by atoms with Crippen LogP contribution in [0, 0.1) is 6.92 Å². The van der Waals surface area contributed by atoms with E-state index < -0.39 is 0 Å². The van der Waals surface area contributed by atoms with Crippen molar-refractivity contribution in [2.45, 2.75) is 13.8 Å². The standard InChI is InChI=1S/C19H18N4O3/c1-3-20-17(24)15-5-4-6-16(11-15)22-18(25)13-7-9-14(10-8-13)19-21-12(2)23-26-19/h4-11H,3H2,1-2H3,(H,20,24)(H,22,25). The van der Waals surface area contributed by atoms with Gasteiger partial charge in [-0.25, -0.2) is 0 Å². The summed E-state index contributed by atoms with van der Waals surface area (Å²) >= 11 is 0. The third-order valence-corrected chi connectivity index (χ3v) is 3.64. The summed E-state index contributed by atoms with van der Waals surface area (Å²) in [6.45, 7) is 4.13. The lowest BCUT2D eigenvalue weighted by atomic mass is 10.1. The van der Waals surface area contributed by atoms with E-state index in [4.69, 9.17) is 4.52 Å². The molecular formula is C19H18N4O3. The van der Waals surface area contributed by atoms with Crippen LogP contribution in [0.4, 0.5) is 5.69 Å². The first-order valence-corrected chi connectivity index (χ1v) is 8.17. The topological polar surface area (TPSA) is 97.1 Å². The average Bonchev–Trinajstić information content (AvgIpc) is 3.09. The molecule has 1 aromatic heterocycles. The number of hydrogen-bond donors (Lipinski definition) is 2. The fraction of sp³-hybridized carbons (Fsp3) is 0.158. The normalized spacial score (nSPS) is 10.4. The van der Waals surface area contributed by atoms with Crippen LogP contribution in [0.2, 0.25) is 0 Å². The monoisotopic (exact) mass is 350 g/mol. The zero-order valence-electron chi connectivity index (χ0n) is 14.4. The molecule has 132 valence electrons. The number of amides is 2. The number of carbonyl (C=O) groups is 2. The second kappa shape index (κ2) is 7.60. The van der Waals surface area contributed by atoms with Gasteiger partial charge in [-0.3, -0.25) is 9.59 Å². The van der Waals surface area contributed by atoms with Gasteiger partial charge >= 0.3 is 0 Å². The van der Waals surface area contributed by atoms with Crippen molar-refractivity contribution in [3.05, 3.63) is 65.5 Å². The first kappa shape index (κ1) is 17.3. The number of hydrogen-bond acceptors (Lipinski definition) is 5. The highest BCUT2D eigenvalue weighted by molar-refractivity contribution is 6.05. The molecule has 0 atom stereocenters. The van der Waals surface area contributed by atoms with Gasteiger partial charge in [0.05, 0.1) is 0 Å². The predicted octanol–water partition coefficient (Wildman–Crippen LogP) is 3.05. The number of rotatable bonds is 5. The zero-order chi connectivity index (χ0) is 18.5. The van der Waals surface area contributed by atoms with Gasteiger partial charge in [0.2, 0.25) is 0 Å². The van der Waals surface area contributed by atoms with Gasteiger partial charge in [0.25, 0.3) is 17.7 Å². The van der Waals surface area contributed by atoms with Crippen LogP contribution in [0.3, 0.4) is 0 Å². The van der Waals surface area contributed by atoms with Crippen LogP contribution in [-0.4, -0.2) is 28.5 Å². The molecule has 2 amide bonds. The lowest BCUT2D eigenvalue weighted by Gasteiger charge is -2.08. The summed E-state index contributed by atoms with van der Waals surface area (Å²) in [5, 5.41) is 9.26. The van der Waals surface area contributed by atoms with Gasteiger partial charge in [-0.05, 0) is 56.3 Å². The van der Waals surface area contributed by atoms with Crippen LogP contribution >= 0.6 is 0 Å². The second-order valence-electron chi connectivity index (χ2n) is 5.62. The molecule has 0 unspecified atom stereocenters. The SMILES string of the molecule is CCNC(=O)c1cccc(NC(=O)c2ccc(-c3nc(C)no3)cc2)c1. The molecule has 3 rings (SSSR count). The van der Waals surface area contributed by atoms with E-state index >= 15 is 0 Å². The number of nitrogens with one attached hydrogen (secondary N) is 2. The van der Waals surface area contributed by atoms with E-state index in [1.807, 2.05) is 6.92 Å². The maximum atomic E-state index is 12.4. The number of aryl methyl sites for hydroxylation is 1. The molecule has 7 heteroatoms. The van der Waals surface area contributed by atoms with Crippen molar-refractivity contribution < 1.29 is 14.1 Å². The molecule has 0 saturated heterocycles. The largest absolute Gasteiger partial charge is 0.352 e. The van der Waals surface area contributed by atoms with Gasteiger partial charge < -0.3 is 15.2 Å². The van der Waals surface area contributed by atoms with Crippen molar-refractivity contribution in [2.24, 2.45) is 0 Å². The highest BCUT2D eigenvalue weighted by Crippen LogP contribution is 2.18. The molecule has 0 fully saturated rings. The van der Waals surface area contributed by atoms with E-state index in [2.05, 4.69) is 20.8 Å². The van der Waals surface area contributed by atoms with Crippen LogP contribution in [-0.2, 0) is 0 Å². The maximum absolute atomic E-state index is 12.4. The molecule has 2 N–H and O–H groups in total. The van der Waals surface area contributed by atoms with E-state index in [0.717, 1.165) is 5.56 Å². The predicted molar refractivity (Wildman–Crippen MR) is 96.9 cm³/mol. The molecule has 0 aliphatic rings. The minimum absolute atomic E-state index is 0.178. The van der Waals surface area contributed by atoms with E-state index in [1.54, 1.807) is 55.5 Å². The Hall–Kier alpha value is -3.48. The average molecular weight is 350 g/mol. The molecule has 2 aromatic carbocycles. The lowest BCUT2D eigenvalue weighted by Crippen LogP contribution is -2.22. The summed E-state index contributed by atoms with van der Waals surface area (Å²) in [6.07, 6.45) is 0. The summed E-state index contributed by atoms with van der Waals surface area (Å²) in [5.74, 6) is 0.506. The third-order valence-electron chi connectivity index (χ3n) is 3.64. The maximum Gasteiger partial charge on any atom is 0.257 e. The summed E-state index contributed by atoms with van der Waals surface area (Å²) in [4.78, 5) is 28.4. The van der Waals surface area contributed by atoms with Crippen molar-refractivity contribution in [2.75, 3.05) is 11.9 Å². The third kappa shape index (κ3) is 3.94. The van der Waals surface area contributed by atoms with E-state index in [0.29, 0.717) is 35.1 Å². The first-order valence-electron chi connectivity index (χ1n) is 8.17. The van der Waals surface area contributed by atoms with Crippen molar-refractivity contribution in [1.82, 2.24) is 15.5 Å². The number of anilines is 1. The van der Waals surface area contributed by atoms with E-state index in [-0.39, 0.29) is 11.8 Å². The Morgan fingerprint density at radius 3 is 2.46 bits per heavy atom. The second-order valence-corrected chi connectivity index (χ2v) is 5.62. The Morgan fingerprint density at radius 2 is 1.81 bits per heavy atom. The van der Waals surface area contributed by atoms with Crippen LogP contribution in [0.25, 0.3) is 11.5 Å². The molecule has 1 heterocycles. The van der Waals surface area contributed by atoms with Crippen LogP contribution in [0.15, 0.2) is 53.1 Å². The Morgan fingerprint density at radius 1 is 1.04 bits per heavy atom. The Bertz CT molecular complexity index is 932. The van der Waals surface area contributed by atoms with Gasteiger partial charge in [0.15, 0.2) is 5.82 Å². The summed E-state index contributed by atoms with van der Waals surface area (Å²) in [6, 6.07) is 13.6. The highest BCUT2D eigenvalue weighted by atomic mass is 16.5. The van der Waals surface area contributed by atoms with E-state index in [1.165, 1.54) is 0 Å². The molecule has 3 aromatic rings. The Kier molecular flexibility index (Phi) is 5.07. The molecule has 26 heavy (non-hydrogen) atoms. The summed E-state index contributed by atoms with van der Waals surface area (Å²) in [7, 11) is 0. The zero-order valence-corrected chi connectivity index (χ0v) is 14.4. The molecule has 0 radical (unpaired) electrons.